The molecule has 8 atom stereocenters. The van der Waals surface area contributed by atoms with E-state index in [1.54, 1.807) is 25.5 Å². The number of aliphatic hydroxyl groups is 3. The Morgan fingerprint density at radius 3 is 2.59 bits per heavy atom. The van der Waals surface area contributed by atoms with Crippen molar-refractivity contribution < 1.29 is 63.2 Å². The van der Waals surface area contributed by atoms with Crippen LogP contribution in [0.5, 0.6) is 28.7 Å². The molecule has 0 saturated carbocycles. The molecular weight excluding hydrogens is 728 g/mol. The Bertz CT molecular complexity index is 2150. The highest BCUT2D eigenvalue weighted by molar-refractivity contribution is 5.90. The molecule has 1 fully saturated rings. The molecule has 15 nitrogen and oxygen atoms in total. The first-order valence-electron chi connectivity index (χ1n) is 18.5. The van der Waals surface area contributed by atoms with Gasteiger partial charge in [-0.05, 0) is 34.9 Å². The quantitative estimate of drug-likeness (QED) is 0.183. The van der Waals surface area contributed by atoms with Crippen molar-refractivity contribution in [2.75, 3.05) is 26.9 Å². The van der Waals surface area contributed by atoms with Crippen LogP contribution >= 0.6 is 0 Å². The van der Waals surface area contributed by atoms with E-state index in [0.717, 1.165) is 39.1 Å². The number of methoxy groups -OCH3 is 1. The summed E-state index contributed by atoms with van der Waals surface area (Å²) < 4.78 is 43.1. The van der Waals surface area contributed by atoms with Crippen LogP contribution in [0.2, 0.25) is 0 Å². The van der Waals surface area contributed by atoms with Crippen LogP contribution in [0.15, 0.2) is 77.1 Å². The number of esters is 1. The average Bonchev–Trinajstić information content (AvgIpc) is 3.89. The van der Waals surface area contributed by atoms with Crippen LogP contribution in [0, 0.1) is 0 Å². The number of allylic oxidation sites excluding steroid dienone is 1. The third kappa shape index (κ3) is 6.59. The van der Waals surface area contributed by atoms with Crippen molar-refractivity contribution in [2.24, 2.45) is 4.99 Å². The van der Waals surface area contributed by atoms with E-state index in [0.29, 0.717) is 55.5 Å². The van der Waals surface area contributed by atoms with E-state index in [2.05, 4.69) is 34.2 Å². The first kappa shape index (κ1) is 36.1. The maximum absolute atomic E-state index is 11.9. The number of fused-ring (bicyclic) bond motifs is 3. The lowest BCUT2D eigenvalue weighted by Crippen LogP contribution is -2.60. The molecule has 9 aliphatic rings. The summed E-state index contributed by atoms with van der Waals surface area (Å²) in [5.41, 5.74) is 6.72. The Kier molecular flexibility index (Phi) is 9.32. The van der Waals surface area contributed by atoms with Crippen molar-refractivity contribution in [3.8, 4) is 28.7 Å². The molecule has 0 spiro atoms. The number of aliphatic imine (C=N–C) groups is 1. The molecule has 0 aliphatic carbocycles. The standard InChI is InChI=1S/C41H40N2O13/c1-50-39-27-7-6-25-34-28(12-21-4-2-20(3-5-21)9-11-51-27)54-29-14-24(53-41-37(49)36(48)35(47)30(55-41)19-52-32(46)15-31(44)45)13-23(33(29)40(34)56-38(25)39)17-43-16-22-8-10-42-26(22)18-43/h2-8,10,13-14,18,28,30,34-37,40-41,47-49H,9,11-12,15-17,19H2,1H3,(H,44,45). The fourth-order valence-electron chi connectivity index (χ4n) is 8.30. The van der Waals surface area contributed by atoms with Gasteiger partial charge in [0.1, 0.15) is 61.2 Å². The molecule has 0 radical (unpaired) electrons. The van der Waals surface area contributed by atoms with E-state index in [4.69, 9.17) is 38.3 Å². The first-order chi connectivity index (χ1) is 27.1. The minimum Gasteiger partial charge on any atom is -0.490 e. The van der Waals surface area contributed by atoms with Gasteiger partial charge < -0.3 is 58.5 Å². The van der Waals surface area contributed by atoms with Gasteiger partial charge in [-0.2, -0.15) is 0 Å². The number of aliphatic carboxylic acids is 1. The second kappa shape index (κ2) is 14.5. The normalized spacial score (nSPS) is 27.9. The van der Waals surface area contributed by atoms with E-state index in [1.807, 2.05) is 24.4 Å². The first-order valence-corrected chi connectivity index (χ1v) is 18.5. The molecule has 6 bridgehead atoms. The van der Waals surface area contributed by atoms with Gasteiger partial charge in [0.05, 0.1) is 25.3 Å². The lowest BCUT2D eigenvalue weighted by molar-refractivity contribution is -0.278. The number of ether oxygens (including phenoxy) is 7. The van der Waals surface area contributed by atoms with E-state index >= 15 is 0 Å². The highest BCUT2D eigenvalue weighted by Crippen LogP contribution is 2.59. The van der Waals surface area contributed by atoms with Gasteiger partial charge in [0.2, 0.25) is 12.0 Å². The highest BCUT2D eigenvalue weighted by Gasteiger charge is 2.50. The maximum Gasteiger partial charge on any atom is 0.317 e. The Labute approximate surface area is 320 Å². The van der Waals surface area contributed by atoms with Gasteiger partial charge in [0.15, 0.2) is 11.5 Å². The Hall–Kier alpha value is -5.61. The van der Waals surface area contributed by atoms with Crippen molar-refractivity contribution in [1.82, 2.24) is 4.90 Å². The number of hydrogen-bond donors (Lipinski definition) is 4. The average molecular weight is 769 g/mol. The Morgan fingerprint density at radius 1 is 0.982 bits per heavy atom. The summed E-state index contributed by atoms with van der Waals surface area (Å²) in [5.74, 6) is -0.271. The molecule has 9 aliphatic heterocycles. The summed E-state index contributed by atoms with van der Waals surface area (Å²) in [6, 6.07) is 15.8. The maximum atomic E-state index is 11.9. The van der Waals surface area contributed by atoms with E-state index in [1.165, 1.54) is 0 Å². The van der Waals surface area contributed by atoms with Gasteiger partial charge in [-0.25, -0.2) is 0 Å². The van der Waals surface area contributed by atoms with Crippen molar-refractivity contribution in [1.29, 1.82) is 0 Å². The van der Waals surface area contributed by atoms with Crippen LogP contribution in [-0.2, 0) is 38.4 Å². The predicted molar refractivity (Wildman–Crippen MR) is 195 cm³/mol. The summed E-state index contributed by atoms with van der Waals surface area (Å²) in [6.07, 6.45) is -2.74. The number of carbonyl (C=O) groups excluding carboxylic acids is 1. The largest absolute Gasteiger partial charge is 0.490 e. The minimum absolute atomic E-state index is 0.230. The summed E-state index contributed by atoms with van der Waals surface area (Å²) in [6.45, 7) is 0.893. The molecule has 56 heavy (non-hydrogen) atoms. The SMILES string of the molecule is COc1c2ccc3c1OC1c4c(CN5C=C6N=CC=C6C5)cc(OC5OC(COC(=O)CC(=O)O)C(O)C(O)C5O)cc4OC(Cc4ccc(cc4)CCO2)C31. The second-order valence-corrected chi connectivity index (χ2v) is 14.6. The molecular formula is C41H40N2O13. The molecule has 8 unspecified atom stereocenters. The summed E-state index contributed by atoms with van der Waals surface area (Å²) >= 11 is 0. The summed E-state index contributed by atoms with van der Waals surface area (Å²) in [5, 5.41) is 41.3. The molecule has 9 heterocycles. The molecule has 1 saturated heterocycles. The lowest BCUT2D eigenvalue weighted by atomic mass is 9.80. The van der Waals surface area contributed by atoms with Crippen LogP contribution < -0.4 is 23.7 Å². The fourth-order valence-corrected chi connectivity index (χ4v) is 8.30. The van der Waals surface area contributed by atoms with Crippen LogP contribution in [0.25, 0.3) is 0 Å². The lowest BCUT2D eigenvalue weighted by Gasteiger charge is -2.40. The van der Waals surface area contributed by atoms with Crippen LogP contribution in [0.1, 0.15) is 46.3 Å². The van der Waals surface area contributed by atoms with E-state index in [9.17, 15) is 24.9 Å². The molecule has 3 aromatic carbocycles. The molecule has 12 rings (SSSR count). The smallest absolute Gasteiger partial charge is 0.317 e. The zero-order chi connectivity index (χ0) is 38.7. The second-order valence-electron chi connectivity index (χ2n) is 14.6. The number of aliphatic hydroxyl groups excluding tert-OH is 3. The van der Waals surface area contributed by atoms with Gasteiger partial charge in [0, 0.05) is 61.1 Å². The number of rotatable bonds is 9. The van der Waals surface area contributed by atoms with Gasteiger partial charge in [-0.1, -0.05) is 30.3 Å². The molecule has 3 aromatic rings. The van der Waals surface area contributed by atoms with E-state index < -0.39 is 67.9 Å². The monoisotopic (exact) mass is 768 g/mol. The van der Waals surface area contributed by atoms with Crippen LogP contribution in [-0.4, -0.2) is 107 Å². The number of benzene rings is 3. The number of hydrogen-bond acceptors (Lipinski definition) is 14. The van der Waals surface area contributed by atoms with Crippen molar-refractivity contribution in [3.63, 3.8) is 0 Å². The molecule has 292 valence electrons. The Balaban J connectivity index is 1.10. The van der Waals surface area contributed by atoms with Crippen molar-refractivity contribution >= 4 is 18.2 Å². The fraction of sp³-hybridized carbons (Fsp3) is 0.390. The van der Waals surface area contributed by atoms with Gasteiger partial charge in [-0.15, -0.1) is 0 Å². The summed E-state index contributed by atoms with van der Waals surface area (Å²) in [7, 11) is 1.60. The summed E-state index contributed by atoms with van der Waals surface area (Å²) in [4.78, 5) is 29.5. The number of carbonyl (C=O) groups is 2. The molecule has 0 aromatic heterocycles. The van der Waals surface area contributed by atoms with Crippen LogP contribution in [0.3, 0.4) is 0 Å². The van der Waals surface area contributed by atoms with Crippen molar-refractivity contribution in [3.05, 3.63) is 99.9 Å². The third-order valence-electron chi connectivity index (χ3n) is 11.0. The highest BCUT2D eigenvalue weighted by atomic mass is 16.7. The number of carboxylic acids is 1. The molecule has 4 N–H and O–H groups in total. The third-order valence-corrected chi connectivity index (χ3v) is 11.0. The zero-order valence-electron chi connectivity index (χ0n) is 30.3. The van der Waals surface area contributed by atoms with Crippen molar-refractivity contribution in [2.45, 2.75) is 74.6 Å². The van der Waals surface area contributed by atoms with Gasteiger partial charge >= 0.3 is 11.9 Å². The van der Waals surface area contributed by atoms with Gasteiger partial charge in [-0.3, -0.25) is 14.6 Å². The zero-order valence-corrected chi connectivity index (χ0v) is 30.3. The topological polar surface area (TPSA) is 195 Å². The number of carboxylic acid groups (broad SMARTS) is 1. The van der Waals surface area contributed by atoms with Gasteiger partial charge in [0.25, 0.3) is 0 Å². The van der Waals surface area contributed by atoms with E-state index in [-0.39, 0.29) is 11.7 Å². The Morgan fingerprint density at radius 2 is 1.80 bits per heavy atom. The van der Waals surface area contributed by atoms with Crippen LogP contribution in [0.4, 0.5) is 0 Å². The number of nitrogens with zero attached hydrogens (tertiary/aromatic N) is 2. The molecule has 0 amide bonds. The predicted octanol–water partition coefficient (Wildman–Crippen LogP) is 2.72. The minimum atomic E-state index is -1.74. The molecule has 15 heteroatoms.